The Morgan fingerprint density at radius 3 is 2.59 bits per heavy atom. The Hall–Kier alpha value is -3.72. The van der Waals surface area contributed by atoms with E-state index in [1.807, 2.05) is 0 Å². The van der Waals surface area contributed by atoms with Crippen molar-refractivity contribution < 1.29 is 28.8 Å². The number of carbonyl (C=O) groups excluding carboxylic acids is 1. The molecule has 1 aliphatic rings. The number of ether oxygens (including phenoxy) is 4. The van der Waals surface area contributed by atoms with Gasteiger partial charge in [0.25, 0.3) is 0 Å². The van der Waals surface area contributed by atoms with Crippen molar-refractivity contribution in [2.75, 3.05) is 26.9 Å². The summed E-state index contributed by atoms with van der Waals surface area (Å²) in [5.41, 5.74) is 0.624. The van der Waals surface area contributed by atoms with Crippen molar-refractivity contribution in [1.82, 2.24) is 14.9 Å². The second-order valence-corrected chi connectivity index (χ2v) is 7.56. The molecule has 0 saturated heterocycles. The number of methoxy groups -OCH3 is 1. The summed E-state index contributed by atoms with van der Waals surface area (Å²) < 4.78 is 23.8. The molecule has 34 heavy (non-hydrogen) atoms. The van der Waals surface area contributed by atoms with Crippen LogP contribution in [0.15, 0.2) is 61.2 Å². The summed E-state index contributed by atoms with van der Waals surface area (Å²) in [6.45, 7) is 1.50. The Morgan fingerprint density at radius 1 is 1.15 bits per heavy atom. The molecule has 2 atom stereocenters. The van der Waals surface area contributed by atoms with Crippen LogP contribution in [-0.4, -0.2) is 53.5 Å². The Labute approximate surface area is 199 Å². The largest absolute Gasteiger partial charge is 0.497 e. The molecule has 0 bridgehead atoms. The number of rotatable bonds is 10. The number of nitrogens with zero attached hydrogens (tertiary/aromatic N) is 2. The van der Waals surface area contributed by atoms with E-state index in [1.54, 1.807) is 72.9 Å². The summed E-state index contributed by atoms with van der Waals surface area (Å²) in [7, 11) is 1.60. The fraction of sp³-hybridized carbons (Fsp3) is 0.360. The zero-order valence-electron chi connectivity index (χ0n) is 18.3. The van der Waals surface area contributed by atoms with Gasteiger partial charge in [-0.25, -0.2) is 4.98 Å². The van der Waals surface area contributed by atoms with Crippen molar-refractivity contribution in [3.05, 3.63) is 66.7 Å². The minimum atomic E-state index is -0.963. The zero-order valence-corrected chi connectivity index (χ0v) is 18.3. The van der Waals surface area contributed by atoms with Crippen LogP contribution in [0, 0.1) is 0 Å². The van der Waals surface area contributed by atoms with Gasteiger partial charge >= 0.3 is 0 Å². The van der Waals surface area contributed by atoms with Crippen molar-refractivity contribution >= 4 is 5.91 Å². The van der Waals surface area contributed by atoms with Crippen LogP contribution in [0.25, 0.3) is 0 Å². The van der Waals surface area contributed by atoms with Gasteiger partial charge in [0, 0.05) is 18.9 Å². The first kappa shape index (κ1) is 24.9. The number of benzene rings is 2. The Morgan fingerprint density at radius 2 is 1.88 bits per heavy atom. The van der Waals surface area contributed by atoms with E-state index in [1.165, 1.54) is 0 Å². The molecule has 4 rings (SSSR count). The van der Waals surface area contributed by atoms with E-state index < -0.39 is 12.1 Å². The Kier molecular flexibility index (Phi) is 8.75. The van der Waals surface area contributed by atoms with Crippen LogP contribution in [0.3, 0.4) is 0 Å². The van der Waals surface area contributed by atoms with Gasteiger partial charge in [-0.15, -0.1) is 0 Å². The van der Waals surface area contributed by atoms with E-state index in [0.717, 1.165) is 5.75 Å². The van der Waals surface area contributed by atoms with Crippen LogP contribution in [0.5, 0.6) is 23.0 Å². The van der Waals surface area contributed by atoms with Gasteiger partial charge in [-0.2, -0.15) is 0 Å². The van der Waals surface area contributed by atoms with Gasteiger partial charge in [-0.05, 0) is 42.0 Å². The van der Waals surface area contributed by atoms with E-state index >= 15 is 0 Å². The number of aliphatic hydroxyl groups is 1. The first-order chi connectivity index (χ1) is 16.1. The number of aromatic nitrogens is 2. The monoisotopic (exact) mass is 469 g/mol. The van der Waals surface area contributed by atoms with E-state index in [-0.39, 0.29) is 26.4 Å². The predicted octanol–water partition coefficient (Wildman–Crippen LogP) is 2.99. The van der Waals surface area contributed by atoms with Crippen LogP contribution < -0.4 is 24.3 Å². The van der Waals surface area contributed by atoms with Crippen LogP contribution in [0.2, 0.25) is 0 Å². The molecule has 1 amide bonds. The highest BCUT2D eigenvalue weighted by Gasteiger charge is 2.25. The molecule has 0 unspecified atom stereocenters. The standard InChI is InChI=1S/C24H27N3O6.CH4/c1-30-18-3-5-19(6-4-18)31-11-8-23(28)26-20(15-27-10-9-25-16-27)24(29)17-2-7-21-22(14-17)33-13-12-32-21;/h2-7,9-10,14,16,20,24,29H,8,11-13,15H2,1H3,(H,26,28);1H4/t20-,24-;/m1./s1. The number of nitrogens with one attached hydrogen (secondary N) is 1. The summed E-state index contributed by atoms with van der Waals surface area (Å²) in [4.78, 5) is 16.7. The maximum atomic E-state index is 12.6. The highest BCUT2D eigenvalue weighted by atomic mass is 16.6. The number of hydrogen-bond donors (Lipinski definition) is 2. The maximum absolute atomic E-state index is 12.6. The molecule has 0 fully saturated rings. The molecule has 2 aromatic carbocycles. The predicted molar refractivity (Wildman–Crippen MR) is 126 cm³/mol. The number of amides is 1. The molecular weight excluding hydrogens is 438 g/mol. The van der Waals surface area contributed by atoms with Crippen molar-refractivity contribution in [2.24, 2.45) is 0 Å². The molecule has 182 valence electrons. The maximum Gasteiger partial charge on any atom is 0.223 e. The fourth-order valence-corrected chi connectivity index (χ4v) is 3.53. The van der Waals surface area contributed by atoms with Crippen LogP contribution >= 0.6 is 0 Å². The summed E-state index contributed by atoms with van der Waals surface area (Å²) in [6, 6.07) is 11.9. The lowest BCUT2D eigenvalue weighted by Gasteiger charge is -2.26. The minimum Gasteiger partial charge on any atom is -0.497 e. The smallest absolute Gasteiger partial charge is 0.223 e. The summed E-state index contributed by atoms with van der Waals surface area (Å²) in [5.74, 6) is 2.37. The quantitative estimate of drug-likeness (QED) is 0.470. The Bertz CT molecular complexity index is 1040. The molecule has 3 aromatic rings. The number of fused-ring (bicyclic) bond motifs is 1. The lowest BCUT2D eigenvalue weighted by molar-refractivity contribution is -0.123. The number of aliphatic hydroxyl groups excluding tert-OH is 1. The number of imidazole rings is 1. The SMILES string of the molecule is C.COc1ccc(OCCC(=O)N[C@H](Cn2ccnc2)[C@H](O)c2ccc3c(c2)OCCO3)cc1. The van der Waals surface area contributed by atoms with Crippen LogP contribution in [-0.2, 0) is 11.3 Å². The lowest BCUT2D eigenvalue weighted by Crippen LogP contribution is -2.42. The van der Waals surface area contributed by atoms with Gasteiger partial charge in [-0.3, -0.25) is 4.79 Å². The highest BCUT2D eigenvalue weighted by Crippen LogP contribution is 2.33. The molecule has 2 N–H and O–H groups in total. The summed E-state index contributed by atoms with van der Waals surface area (Å²) >= 11 is 0. The molecule has 1 aliphatic heterocycles. The second-order valence-electron chi connectivity index (χ2n) is 7.56. The third-order valence-electron chi connectivity index (χ3n) is 5.26. The fourth-order valence-electron chi connectivity index (χ4n) is 3.53. The molecule has 1 aromatic heterocycles. The average molecular weight is 470 g/mol. The number of hydrogen-bond acceptors (Lipinski definition) is 7. The van der Waals surface area contributed by atoms with E-state index in [0.29, 0.717) is 42.6 Å². The van der Waals surface area contributed by atoms with Gasteiger partial charge in [0.1, 0.15) is 30.8 Å². The molecule has 0 spiro atoms. The van der Waals surface area contributed by atoms with Crippen molar-refractivity contribution in [1.29, 1.82) is 0 Å². The topological polar surface area (TPSA) is 104 Å². The third kappa shape index (κ3) is 6.41. The van der Waals surface area contributed by atoms with E-state index in [9.17, 15) is 9.90 Å². The minimum absolute atomic E-state index is 0. The molecule has 9 nitrogen and oxygen atoms in total. The summed E-state index contributed by atoms with van der Waals surface area (Å²) in [6.07, 6.45) is 4.25. The molecule has 0 saturated carbocycles. The molecule has 2 heterocycles. The highest BCUT2D eigenvalue weighted by molar-refractivity contribution is 5.76. The van der Waals surface area contributed by atoms with Crippen molar-refractivity contribution in [3.8, 4) is 23.0 Å². The first-order valence-corrected chi connectivity index (χ1v) is 10.7. The molecular formula is C25H31N3O6. The Balaban J connectivity index is 0.00000324. The van der Waals surface area contributed by atoms with Crippen molar-refractivity contribution in [2.45, 2.75) is 32.5 Å². The zero-order chi connectivity index (χ0) is 23.0. The second kappa shape index (κ2) is 11.9. The third-order valence-corrected chi connectivity index (χ3v) is 5.26. The number of carbonyl (C=O) groups is 1. The average Bonchev–Trinajstić information content (AvgIpc) is 3.36. The van der Waals surface area contributed by atoms with Crippen LogP contribution in [0.1, 0.15) is 25.5 Å². The molecule has 0 aliphatic carbocycles. The molecule has 9 heteroatoms. The van der Waals surface area contributed by atoms with E-state index in [4.69, 9.17) is 18.9 Å². The van der Waals surface area contributed by atoms with E-state index in [2.05, 4.69) is 10.3 Å². The first-order valence-electron chi connectivity index (χ1n) is 10.7. The lowest BCUT2D eigenvalue weighted by atomic mass is 10.0. The van der Waals surface area contributed by atoms with Gasteiger partial charge < -0.3 is 33.9 Å². The molecule has 0 radical (unpaired) electrons. The van der Waals surface area contributed by atoms with Gasteiger partial charge in [0.2, 0.25) is 5.91 Å². The van der Waals surface area contributed by atoms with Crippen molar-refractivity contribution in [3.63, 3.8) is 0 Å². The van der Waals surface area contributed by atoms with Gasteiger partial charge in [-0.1, -0.05) is 13.5 Å². The van der Waals surface area contributed by atoms with Gasteiger partial charge in [0.15, 0.2) is 11.5 Å². The summed E-state index contributed by atoms with van der Waals surface area (Å²) in [5, 5.41) is 14.0. The van der Waals surface area contributed by atoms with Crippen LogP contribution in [0.4, 0.5) is 0 Å². The normalized spacial score (nSPS) is 13.8. The van der Waals surface area contributed by atoms with Gasteiger partial charge in [0.05, 0.1) is 32.5 Å².